The van der Waals surface area contributed by atoms with E-state index in [1.807, 2.05) is 0 Å². The van der Waals surface area contributed by atoms with Gasteiger partial charge in [-0.05, 0) is 28.8 Å². The van der Waals surface area contributed by atoms with Crippen LogP contribution in [0.2, 0.25) is 0 Å². The Morgan fingerprint density at radius 1 is 1.50 bits per heavy atom. The molecule has 2 rings (SSSR count). The summed E-state index contributed by atoms with van der Waals surface area (Å²) in [5, 5.41) is 7.48. The van der Waals surface area contributed by atoms with Crippen molar-refractivity contribution in [3.8, 4) is 0 Å². The van der Waals surface area contributed by atoms with E-state index >= 15 is 0 Å². The second-order valence-electron chi connectivity index (χ2n) is 3.94. The number of halogens is 1. The summed E-state index contributed by atoms with van der Waals surface area (Å²) in [4.78, 5) is 10.6. The molecule has 1 aliphatic rings. The van der Waals surface area contributed by atoms with Crippen molar-refractivity contribution in [3.05, 3.63) is 16.9 Å². The first-order valence-corrected chi connectivity index (χ1v) is 6.02. The molecule has 0 saturated carbocycles. The highest BCUT2D eigenvalue weighted by molar-refractivity contribution is 9.10. The average molecular weight is 284 g/mol. The second-order valence-corrected chi connectivity index (χ2v) is 4.86. The zero-order valence-electron chi connectivity index (χ0n) is 8.86. The van der Waals surface area contributed by atoms with E-state index in [0.29, 0.717) is 5.95 Å². The fraction of sp³-hybridized carbons (Fsp3) is 0.500. The SMILES string of the molecule is N=C(N)C1CCCN(c2ncc(Br)cn2)C1. The largest absolute Gasteiger partial charge is 0.387 e. The minimum atomic E-state index is 0.140. The molecule has 2 heterocycles. The highest BCUT2D eigenvalue weighted by Crippen LogP contribution is 2.20. The first-order valence-electron chi connectivity index (χ1n) is 5.23. The van der Waals surface area contributed by atoms with Gasteiger partial charge in [0.15, 0.2) is 0 Å². The molecule has 1 unspecified atom stereocenters. The summed E-state index contributed by atoms with van der Waals surface area (Å²) in [7, 11) is 0. The summed E-state index contributed by atoms with van der Waals surface area (Å²) in [6.45, 7) is 1.68. The van der Waals surface area contributed by atoms with E-state index in [1.165, 1.54) is 0 Å². The smallest absolute Gasteiger partial charge is 0.225 e. The molecular weight excluding hydrogens is 270 g/mol. The van der Waals surface area contributed by atoms with Crippen LogP contribution in [-0.4, -0.2) is 28.9 Å². The third kappa shape index (κ3) is 2.49. The molecule has 1 aromatic heterocycles. The van der Waals surface area contributed by atoms with E-state index in [9.17, 15) is 0 Å². The van der Waals surface area contributed by atoms with Crippen LogP contribution < -0.4 is 10.6 Å². The van der Waals surface area contributed by atoms with Crippen molar-refractivity contribution in [1.29, 1.82) is 5.41 Å². The molecule has 1 saturated heterocycles. The maximum Gasteiger partial charge on any atom is 0.225 e. The molecule has 16 heavy (non-hydrogen) atoms. The number of hydrogen-bond acceptors (Lipinski definition) is 4. The van der Waals surface area contributed by atoms with Gasteiger partial charge < -0.3 is 10.6 Å². The lowest BCUT2D eigenvalue weighted by Gasteiger charge is -2.31. The number of amidine groups is 1. The summed E-state index contributed by atoms with van der Waals surface area (Å²) < 4.78 is 0.872. The lowest BCUT2D eigenvalue weighted by molar-refractivity contribution is 0.496. The molecule has 0 bridgehead atoms. The Bertz CT molecular complexity index is 377. The van der Waals surface area contributed by atoms with Gasteiger partial charge in [0.2, 0.25) is 5.95 Å². The van der Waals surface area contributed by atoms with E-state index in [1.54, 1.807) is 12.4 Å². The van der Waals surface area contributed by atoms with E-state index in [2.05, 4.69) is 30.8 Å². The Hall–Kier alpha value is -1.17. The third-order valence-corrected chi connectivity index (χ3v) is 3.16. The van der Waals surface area contributed by atoms with Crippen LogP contribution in [0.5, 0.6) is 0 Å². The Morgan fingerprint density at radius 2 is 2.19 bits per heavy atom. The van der Waals surface area contributed by atoms with Crippen LogP contribution in [0.25, 0.3) is 0 Å². The number of aromatic nitrogens is 2. The number of nitrogens with two attached hydrogens (primary N) is 1. The molecule has 3 N–H and O–H groups in total. The Morgan fingerprint density at radius 3 is 2.81 bits per heavy atom. The molecule has 6 heteroatoms. The van der Waals surface area contributed by atoms with Gasteiger partial charge >= 0.3 is 0 Å². The predicted molar refractivity (Wildman–Crippen MR) is 66.6 cm³/mol. The zero-order chi connectivity index (χ0) is 11.5. The lowest BCUT2D eigenvalue weighted by Crippen LogP contribution is -2.41. The van der Waals surface area contributed by atoms with Crippen LogP contribution in [-0.2, 0) is 0 Å². The molecule has 0 aliphatic carbocycles. The topological polar surface area (TPSA) is 78.9 Å². The van der Waals surface area contributed by atoms with E-state index in [4.69, 9.17) is 11.1 Å². The summed E-state index contributed by atoms with van der Waals surface area (Å²) in [6, 6.07) is 0. The average Bonchev–Trinajstić information content (AvgIpc) is 2.30. The van der Waals surface area contributed by atoms with Crippen molar-refractivity contribution in [2.24, 2.45) is 11.7 Å². The molecule has 0 aromatic carbocycles. The molecule has 0 spiro atoms. The summed E-state index contributed by atoms with van der Waals surface area (Å²) in [5.74, 6) is 1.12. The minimum absolute atomic E-state index is 0.140. The van der Waals surface area contributed by atoms with Gasteiger partial charge in [-0.25, -0.2) is 9.97 Å². The monoisotopic (exact) mass is 283 g/mol. The molecule has 0 radical (unpaired) electrons. The molecule has 1 atom stereocenters. The standard InChI is InChI=1S/C10H14BrN5/c11-8-4-14-10(15-5-8)16-3-1-2-7(6-16)9(12)13/h4-5,7H,1-3,6H2,(H3,12,13). The fourth-order valence-corrected chi connectivity index (χ4v) is 2.09. The van der Waals surface area contributed by atoms with Gasteiger partial charge in [0.25, 0.3) is 0 Å². The number of piperidine rings is 1. The van der Waals surface area contributed by atoms with Crippen molar-refractivity contribution in [2.75, 3.05) is 18.0 Å². The van der Waals surface area contributed by atoms with Crippen LogP contribution >= 0.6 is 15.9 Å². The summed E-state index contributed by atoms with van der Waals surface area (Å²) in [6.07, 6.45) is 5.49. The van der Waals surface area contributed by atoms with Crippen LogP contribution in [0.4, 0.5) is 5.95 Å². The van der Waals surface area contributed by atoms with Crippen molar-refractivity contribution in [2.45, 2.75) is 12.8 Å². The van der Waals surface area contributed by atoms with Gasteiger partial charge in [0.05, 0.1) is 10.3 Å². The van der Waals surface area contributed by atoms with Gasteiger partial charge in [-0.1, -0.05) is 0 Å². The zero-order valence-corrected chi connectivity index (χ0v) is 10.4. The van der Waals surface area contributed by atoms with Crippen molar-refractivity contribution in [3.63, 3.8) is 0 Å². The maximum atomic E-state index is 7.48. The Kier molecular flexibility index (Phi) is 3.38. The van der Waals surface area contributed by atoms with Gasteiger partial charge in [0.1, 0.15) is 0 Å². The molecule has 1 aliphatic heterocycles. The van der Waals surface area contributed by atoms with Crippen LogP contribution in [0.3, 0.4) is 0 Å². The van der Waals surface area contributed by atoms with Gasteiger partial charge in [0, 0.05) is 31.4 Å². The minimum Gasteiger partial charge on any atom is -0.387 e. The number of nitrogens with one attached hydrogen (secondary N) is 1. The van der Waals surface area contributed by atoms with Crippen LogP contribution in [0.1, 0.15) is 12.8 Å². The van der Waals surface area contributed by atoms with Gasteiger partial charge in [-0.2, -0.15) is 0 Å². The Balaban J connectivity index is 2.09. The number of nitrogens with zero attached hydrogens (tertiary/aromatic N) is 3. The quantitative estimate of drug-likeness (QED) is 0.635. The van der Waals surface area contributed by atoms with Crippen molar-refractivity contribution in [1.82, 2.24) is 9.97 Å². The molecular formula is C10H14BrN5. The fourth-order valence-electron chi connectivity index (χ4n) is 1.88. The summed E-state index contributed by atoms with van der Waals surface area (Å²) in [5.41, 5.74) is 5.54. The molecule has 5 nitrogen and oxygen atoms in total. The summed E-state index contributed by atoms with van der Waals surface area (Å²) >= 11 is 3.31. The normalized spacial score (nSPS) is 20.8. The number of hydrogen-bond donors (Lipinski definition) is 2. The molecule has 0 amide bonds. The first kappa shape index (κ1) is 11.3. The van der Waals surface area contributed by atoms with Gasteiger partial charge in [-0.15, -0.1) is 0 Å². The number of rotatable bonds is 2. The van der Waals surface area contributed by atoms with Crippen molar-refractivity contribution < 1.29 is 0 Å². The molecule has 86 valence electrons. The van der Waals surface area contributed by atoms with E-state index < -0.39 is 0 Å². The third-order valence-electron chi connectivity index (χ3n) is 2.75. The Labute approximate surface area is 103 Å². The van der Waals surface area contributed by atoms with Crippen LogP contribution in [0, 0.1) is 11.3 Å². The van der Waals surface area contributed by atoms with Gasteiger partial charge in [-0.3, -0.25) is 5.41 Å². The van der Waals surface area contributed by atoms with E-state index in [0.717, 1.165) is 30.4 Å². The van der Waals surface area contributed by atoms with Crippen LogP contribution in [0.15, 0.2) is 16.9 Å². The highest BCUT2D eigenvalue weighted by atomic mass is 79.9. The second kappa shape index (κ2) is 4.78. The predicted octanol–water partition coefficient (Wildman–Crippen LogP) is 1.39. The number of anilines is 1. The molecule has 1 fully saturated rings. The highest BCUT2D eigenvalue weighted by Gasteiger charge is 2.23. The first-order chi connectivity index (χ1) is 7.66. The van der Waals surface area contributed by atoms with Crippen molar-refractivity contribution >= 4 is 27.7 Å². The lowest BCUT2D eigenvalue weighted by atomic mass is 9.97. The molecule has 1 aromatic rings. The maximum absolute atomic E-state index is 7.48. The van der Waals surface area contributed by atoms with E-state index in [-0.39, 0.29) is 11.8 Å².